The quantitative estimate of drug-likeness (QED) is 0.637. The minimum Gasteiger partial charge on any atom is -0.724 e. The van der Waals surface area contributed by atoms with Crippen LogP contribution in [0.15, 0.2) is 24.3 Å². The molecule has 0 saturated carbocycles. The molecule has 0 spiro atoms. The van der Waals surface area contributed by atoms with Gasteiger partial charge in [0.25, 0.3) is 0 Å². The molecule has 0 bridgehead atoms. The summed E-state index contributed by atoms with van der Waals surface area (Å²) in [5.41, 5.74) is 2.14. The lowest BCUT2D eigenvalue weighted by atomic mass is 10.0. The second kappa shape index (κ2) is 5.80. The van der Waals surface area contributed by atoms with Crippen molar-refractivity contribution in [1.82, 2.24) is 8.79 Å². The Morgan fingerprint density at radius 3 is 2.52 bits per heavy atom. The van der Waals surface area contributed by atoms with E-state index >= 15 is 0 Å². The summed E-state index contributed by atoms with van der Waals surface area (Å²) in [5, 5.41) is 0. The van der Waals surface area contributed by atoms with Gasteiger partial charge < -0.3 is 4.55 Å². The van der Waals surface area contributed by atoms with Gasteiger partial charge in [0.2, 0.25) is 0 Å². The van der Waals surface area contributed by atoms with Gasteiger partial charge in [-0.05, 0) is 37.8 Å². The van der Waals surface area contributed by atoms with Crippen molar-refractivity contribution < 1.29 is 8.76 Å². The van der Waals surface area contributed by atoms with Crippen molar-refractivity contribution in [3.05, 3.63) is 29.8 Å². The molecule has 3 rings (SSSR count). The number of rotatable bonds is 3. The fourth-order valence-electron chi connectivity index (χ4n) is 3.76. The first-order valence-corrected chi connectivity index (χ1v) is 8.83. The summed E-state index contributed by atoms with van der Waals surface area (Å²) in [5.74, 6) is 0. The van der Waals surface area contributed by atoms with Crippen LogP contribution in [-0.2, 0) is 11.3 Å². The Bertz CT molecular complexity index is 530. The molecule has 0 aliphatic carbocycles. The van der Waals surface area contributed by atoms with E-state index in [9.17, 15) is 8.76 Å². The number of quaternary nitrogens is 1. The van der Waals surface area contributed by atoms with Gasteiger partial charge in [-0.15, -0.1) is 0 Å². The van der Waals surface area contributed by atoms with Crippen LogP contribution in [0.25, 0.3) is 0 Å². The van der Waals surface area contributed by atoms with Crippen LogP contribution in [0.5, 0.6) is 0 Å². The van der Waals surface area contributed by atoms with Gasteiger partial charge in [0.1, 0.15) is 5.69 Å². The first kappa shape index (κ1) is 15.2. The maximum absolute atomic E-state index is 11.3. The van der Waals surface area contributed by atoms with Gasteiger partial charge in [-0.25, -0.2) is 8.10 Å². The van der Waals surface area contributed by atoms with Gasteiger partial charge in [-0.1, -0.05) is 18.6 Å². The molecule has 2 heterocycles. The molecule has 0 aromatic heterocycles. The van der Waals surface area contributed by atoms with E-state index in [0.29, 0.717) is 6.04 Å². The monoisotopic (exact) mass is 308 g/mol. The zero-order chi connectivity index (χ0) is 15.0. The fraction of sp³-hybridized carbons (Fsp3) is 0.625. The third-order valence-electron chi connectivity index (χ3n) is 5.12. The molecule has 1 aromatic rings. The number of piperidine rings is 1. The minimum absolute atomic E-state index is 0.128. The second-order valence-corrected chi connectivity index (χ2v) is 7.99. The number of hydrogen-bond acceptors (Lipinski definition) is 3. The molecule has 116 valence electrons. The van der Waals surface area contributed by atoms with Gasteiger partial charge in [0.15, 0.2) is 11.3 Å². The number of nitrogens with zero attached hydrogens (tertiary/aromatic N) is 2. The highest BCUT2D eigenvalue weighted by Gasteiger charge is 2.35. The maximum atomic E-state index is 11.3. The SMILES string of the molecule is C[N+](C)(c1ccc([C@H]2CC[C@H]3CCCCN32)cc1)S(=O)[O-]. The average molecular weight is 308 g/mol. The molecule has 2 saturated heterocycles. The Balaban J connectivity index is 1.80. The van der Waals surface area contributed by atoms with E-state index in [4.69, 9.17) is 0 Å². The molecule has 0 N–H and O–H groups in total. The fourth-order valence-corrected chi connectivity index (χ4v) is 4.05. The van der Waals surface area contributed by atoms with Gasteiger partial charge in [-0.2, -0.15) is 0 Å². The Hall–Kier alpha value is -0.750. The molecular weight excluding hydrogens is 284 g/mol. The molecule has 5 heteroatoms. The molecule has 0 radical (unpaired) electrons. The van der Waals surface area contributed by atoms with Crippen molar-refractivity contribution >= 4 is 17.0 Å². The zero-order valence-corrected chi connectivity index (χ0v) is 13.6. The Kier molecular flexibility index (Phi) is 4.19. The molecule has 2 fully saturated rings. The maximum Gasteiger partial charge on any atom is 0.153 e. The molecule has 0 amide bonds. The van der Waals surface area contributed by atoms with Gasteiger partial charge >= 0.3 is 0 Å². The van der Waals surface area contributed by atoms with Crippen molar-refractivity contribution in [2.75, 3.05) is 20.6 Å². The van der Waals surface area contributed by atoms with Crippen molar-refractivity contribution in [1.29, 1.82) is 0 Å². The molecular formula is C16H24N2O2S. The first-order chi connectivity index (χ1) is 10.00. The Labute approximate surface area is 129 Å². The van der Waals surface area contributed by atoms with Crippen LogP contribution < -0.4 is 3.89 Å². The second-order valence-electron chi connectivity index (χ2n) is 6.64. The predicted octanol–water partition coefficient (Wildman–Crippen LogP) is 2.74. The van der Waals surface area contributed by atoms with E-state index in [2.05, 4.69) is 17.0 Å². The van der Waals surface area contributed by atoms with Gasteiger partial charge in [0.05, 0.1) is 14.1 Å². The minimum atomic E-state index is -2.16. The third-order valence-corrected chi connectivity index (χ3v) is 6.07. The summed E-state index contributed by atoms with van der Waals surface area (Å²) in [6, 6.07) is 9.45. The molecule has 4 nitrogen and oxygen atoms in total. The molecule has 3 atom stereocenters. The molecule has 2 aliphatic heterocycles. The predicted molar refractivity (Wildman–Crippen MR) is 85.3 cm³/mol. The normalized spacial score (nSPS) is 28.3. The van der Waals surface area contributed by atoms with Crippen molar-refractivity contribution in [2.24, 2.45) is 0 Å². The zero-order valence-electron chi connectivity index (χ0n) is 12.8. The van der Waals surface area contributed by atoms with E-state index in [1.54, 1.807) is 14.1 Å². The Morgan fingerprint density at radius 1 is 1.14 bits per heavy atom. The lowest BCUT2D eigenvalue weighted by Gasteiger charge is -2.34. The average Bonchev–Trinajstić information content (AvgIpc) is 2.91. The Morgan fingerprint density at radius 2 is 1.86 bits per heavy atom. The highest BCUT2D eigenvalue weighted by Crippen LogP contribution is 2.40. The van der Waals surface area contributed by atoms with Crippen molar-refractivity contribution in [3.63, 3.8) is 0 Å². The highest BCUT2D eigenvalue weighted by molar-refractivity contribution is 7.78. The molecule has 1 aromatic carbocycles. The van der Waals surface area contributed by atoms with Gasteiger partial charge in [-0.3, -0.25) is 4.90 Å². The van der Waals surface area contributed by atoms with Crippen LogP contribution in [0.2, 0.25) is 0 Å². The summed E-state index contributed by atoms with van der Waals surface area (Å²) in [6.07, 6.45) is 6.56. The van der Waals surface area contributed by atoms with Crippen LogP contribution in [-0.4, -0.2) is 40.3 Å². The molecule has 21 heavy (non-hydrogen) atoms. The van der Waals surface area contributed by atoms with E-state index in [1.165, 1.54) is 44.2 Å². The van der Waals surface area contributed by atoms with Crippen LogP contribution in [0.1, 0.15) is 43.7 Å². The van der Waals surface area contributed by atoms with E-state index in [0.717, 1.165) is 11.7 Å². The summed E-state index contributed by atoms with van der Waals surface area (Å²) < 4.78 is 22.5. The summed E-state index contributed by atoms with van der Waals surface area (Å²) in [4.78, 5) is 2.66. The smallest absolute Gasteiger partial charge is 0.153 e. The van der Waals surface area contributed by atoms with E-state index < -0.39 is 11.3 Å². The van der Waals surface area contributed by atoms with Crippen molar-refractivity contribution in [2.45, 2.75) is 44.2 Å². The van der Waals surface area contributed by atoms with Crippen LogP contribution >= 0.6 is 0 Å². The summed E-state index contributed by atoms with van der Waals surface area (Å²) in [6.45, 7) is 1.21. The third kappa shape index (κ3) is 2.80. The van der Waals surface area contributed by atoms with E-state index in [-0.39, 0.29) is 3.89 Å². The summed E-state index contributed by atoms with van der Waals surface area (Å²) >= 11 is -2.16. The largest absolute Gasteiger partial charge is 0.724 e. The number of hydrogen-bond donors (Lipinski definition) is 0. The topological polar surface area (TPSA) is 43.4 Å². The molecule has 1 unspecified atom stereocenters. The highest BCUT2D eigenvalue weighted by atomic mass is 32.2. The van der Waals surface area contributed by atoms with Gasteiger partial charge in [0, 0.05) is 24.2 Å². The molecule has 2 aliphatic rings. The van der Waals surface area contributed by atoms with Crippen molar-refractivity contribution in [3.8, 4) is 0 Å². The number of benzene rings is 1. The lowest BCUT2D eigenvalue weighted by Crippen LogP contribution is -2.41. The van der Waals surface area contributed by atoms with E-state index in [1.807, 2.05) is 12.1 Å². The lowest BCUT2D eigenvalue weighted by molar-refractivity contribution is 0.150. The van der Waals surface area contributed by atoms with Crippen LogP contribution in [0.4, 0.5) is 5.69 Å². The summed E-state index contributed by atoms with van der Waals surface area (Å²) in [7, 11) is 3.38. The standard InChI is InChI=1S/C16H24N2O2S/c1-18(2,21(19)20)15-9-6-13(7-10-15)16-11-8-14-5-3-4-12-17(14)16/h6-7,9-10,14,16H,3-5,8,11-12H2,1-2H3/t14-,16-/m1/s1. The first-order valence-electron chi connectivity index (χ1n) is 7.80. The van der Waals surface area contributed by atoms with Crippen LogP contribution in [0, 0.1) is 0 Å². The van der Waals surface area contributed by atoms with Crippen LogP contribution in [0.3, 0.4) is 0 Å². The number of fused-ring (bicyclic) bond motifs is 1.